The molecule has 7 heteroatoms. The number of carbonyl (C=O) groups is 1. The van der Waals surface area contributed by atoms with Crippen molar-refractivity contribution in [2.75, 3.05) is 14.2 Å². The predicted octanol–water partition coefficient (Wildman–Crippen LogP) is 3.90. The fourth-order valence-corrected chi connectivity index (χ4v) is 2.69. The van der Waals surface area contributed by atoms with Crippen molar-refractivity contribution in [3.05, 3.63) is 74.9 Å². The van der Waals surface area contributed by atoms with E-state index >= 15 is 0 Å². The summed E-state index contributed by atoms with van der Waals surface area (Å²) in [5, 5.41) is 11.0. The Morgan fingerprint density at radius 1 is 1.11 bits per heavy atom. The Morgan fingerprint density at radius 2 is 1.89 bits per heavy atom. The van der Waals surface area contributed by atoms with Crippen LogP contribution in [-0.2, 0) is 9.53 Å². The van der Waals surface area contributed by atoms with Gasteiger partial charge in [-0.3, -0.25) is 10.1 Å². The first-order chi connectivity index (χ1) is 12.9. The van der Waals surface area contributed by atoms with E-state index in [0.717, 1.165) is 5.56 Å². The molecule has 0 unspecified atom stereocenters. The Kier molecular flexibility index (Phi) is 4.94. The standard InChI is InChI=1S/C20H17NO6/c1-12-4-5-15(21(23)24)9-13(12)8-14-10-19(27-20(14)22)17-11-16(25-2)6-7-18(17)26-3/h4-11H,1-3H3/b14-8-. The number of benzene rings is 2. The summed E-state index contributed by atoms with van der Waals surface area (Å²) in [4.78, 5) is 22.8. The number of nitrogens with zero attached hydrogens (tertiary/aromatic N) is 1. The van der Waals surface area contributed by atoms with Crippen LogP contribution < -0.4 is 9.47 Å². The fourth-order valence-electron chi connectivity index (χ4n) is 2.69. The molecule has 1 aliphatic rings. The predicted molar refractivity (Wildman–Crippen MR) is 99.4 cm³/mol. The SMILES string of the molecule is COc1ccc(OC)c(C2=C/C(=C/c3cc([N+](=O)[O-])ccc3C)C(=O)O2)c1. The maximum absolute atomic E-state index is 12.3. The van der Waals surface area contributed by atoms with Gasteiger partial charge < -0.3 is 14.2 Å². The van der Waals surface area contributed by atoms with Crippen molar-refractivity contribution in [2.45, 2.75) is 6.92 Å². The van der Waals surface area contributed by atoms with Gasteiger partial charge in [0, 0.05) is 12.1 Å². The highest BCUT2D eigenvalue weighted by molar-refractivity contribution is 6.05. The molecule has 1 aliphatic heterocycles. The summed E-state index contributed by atoms with van der Waals surface area (Å²) in [6.45, 7) is 1.81. The highest BCUT2D eigenvalue weighted by atomic mass is 16.6. The van der Waals surface area contributed by atoms with E-state index in [1.54, 1.807) is 36.4 Å². The molecule has 0 amide bonds. The van der Waals surface area contributed by atoms with E-state index in [-0.39, 0.29) is 5.69 Å². The number of nitro benzene ring substituents is 1. The van der Waals surface area contributed by atoms with Crippen molar-refractivity contribution in [1.29, 1.82) is 0 Å². The summed E-state index contributed by atoms with van der Waals surface area (Å²) < 4.78 is 15.9. The molecule has 0 N–H and O–H groups in total. The lowest BCUT2D eigenvalue weighted by Crippen LogP contribution is -1.99. The molecule has 7 nitrogen and oxygen atoms in total. The number of methoxy groups -OCH3 is 2. The van der Waals surface area contributed by atoms with E-state index in [0.29, 0.717) is 34.0 Å². The minimum Gasteiger partial charge on any atom is -0.497 e. The molecule has 0 spiro atoms. The second kappa shape index (κ2) is 7.33. The van der Waals surface area contributed by atoms with Gasteiger partial charge in [0.15, 0.2) is 0 Å². The first kappa shape index (κ1) is 18.2. The van der Waals surface area contributed by atoms with Crippen LogP contribution in [-0.4, -0.2) is 25.1 Å². The van der Waals surface area contributed by atoms with E-state index in [4.69, 9.17) is 14.2 Å². The van der Waals surface area contributed by atoms with Gasteiger partial charge in [0.1, 0.15) is 17.3 Å². The first-order valence-electron chi connectivity index (χ1n) is 8.06. The highest BCUT2D eigenvalue weighted by Gasteiger charge is 2.25. The maximum Gasteiger partial charge on any atom is 0.343 e. The van der Waals surface area contributed by atoms with Crippen molar-refractivity contribution < 1.29 is 23.9 Å². The lowest BCUT2D eigenvalue weighted by molar-refractivity contribution is -0.384. The monoisotopic (exact) mass is 367 g/mol. The van der Waals surface area contributed by atoms with Crippen LogP contribution in [0.2, 0.25) is 0 Å². The first-order valence-corrected chi connectivity index (χ1v) is 8.06. The number of nitro groups is 1. The van der Waals surface area contributed by atoms with E-state index in [1.807, 2.05) is 6.92 Å². The summed E-state index contributed by atoms with van der Waals surface area (Å²) in [7, 11) is 3.06. The molecule has 2 aromatic rings. The second-order valence-corrected chi connectivity index (χ2v) is 5.86. The summed E-state index contributed by atoms with van der Waals surface area (Å²) in [6, 6.07) is 9.65. The second-order valence-electron chi connectivity index (χ2n) is 5.86. The molecule has 0 fully saturated rings. The molecule has 0 aromatic heterocycles. The topological polar surface area (TPSA) is 87.9 Å². The Hall–Kier alpha value is -3.61. The molecule has 0 bridgehead atoms. The van der Waals surface area contributed by atoms with Gasteiger partial charge >= 0.3 is 5.97 Å². The third kappa shape index (κ3) is 3.67. The third-order valence-corrected chi connectivity index (χ3v) is 4.18. The van der Waals surface area contributed by atoms with Gasteiger partial charge in [-0.25, -0.2) is 4.79 Å². The number of cyclic esters (lactones) is 1. The number of aryl methyl sites for hydroxylation is 1. The van der Waals surface area contributed by atoms with E-state index in [1.165, 1.54) is 26.4 Å². The summed E-state index contributed by atoms with van der Waals surface area (Å²) in [5.74, 6) is 0.906. The fraction of sp³-hybridized carbons (Fsp3) is 0.150. The molecule has 2 aromatic carbocycles. The normalized spacial score (nSPS) is 14.7. The molecular formula is C20H17NO6. The van der Waals surface area contributed by atoms with Gasteiger partial charge in [0.2, 0.25) is 0 Å². The van der Waals surface area contributed by atoms with Crippen LogP contribution in [0.4, 0.5) is 5.69 Å². The van der Waals surface area contributed by atoms with E-state index < -0.39 is 10.9 Å². The van der Waals surface area contributed by atoms with Gasteiger partial charge in [-0.05, 0) is 48.4 Å². The number of esters is 1. The number of hydrogen-bond donors (Lipinski definition) is 0. The van der Waals surface area contributed by atoms with Gasteiger partial charge in [0.25, 0.3) is 5.69 Å². The zero-order valence-electron chi connectivity index (χ0n) is 15.0. The smallest absolute Gasteiger partial charge is 0.343 e. The Balaban J connectivity index is 2.04. The molecule has 27 heavy (non-hydrogen) atoms. The van der Waals surface area contributed by atoms with Crippen molar-refractivity contribution in [3.63, 3.8) is 0 Å². The van der Waals surface area contributed by atoms with Gasteiger partial charge in [-0.1, -0.05) is 6.07 Å². The average Bonchev–Trinajstić information content (AvgIpc) is 3.03. The molecule has 0 atom stereocenters. The Morgan fingerprint density at radius 3 is 2.56 bits per heavy atom. The summed E-state index contributed by atoms with van der Waals surface area (Å²) in [6.07, 6.45) is 3.15. The quantitative estimate of drug-likeness (QED) is 0.345. The lowest BCUT2D eigenvalue weighted by atomic mass is 10.0. The number of rotatable bonds is 5. The Labute approximate surface area is 155 Å². The molecule has 0 saturated carbocycles. The maximum atomic E-state index is 12.3. The van der Waals surface area contributed by atoms with Crippen molar-refractivity contribution in [3.8, 4) is 11.5 Å². The number of non-ortho nitro benzene ring substituents is 1. The van der Waals surface area contributed by atoms with Crippen molar-refractivity contribution in [2.24, 2.45) is 0 Å². The van der Waals surface area contributed by atoms with E-state index in [2.05, 4.69) is 0 Å². The third-order valence-electron chi connectivity index (χ3n) is 4.18. The zero-order valence-corrected chi connectivity index (χ0v) is 15.0. The van der Waals surface area contributed by atoms with Crippen LogP contribution in [0.5, 0.6) is 11.5 Å². The number of hydrogen-bond acceptors (Lipinski definition) is 6. The van der Waals surface area contributed by atoms with Crippen LogP contribution in [0.15, 0.2) is 48.0 Å². The number of carbonyl (C=O) groups excluding carboxylic acids is 1. The zero-order chi connectivity index (χ0) is 19.6. The molecular weight excluding hydrogens is 350 g/mol. The minimum absolute atomic E-state index is 0.0440. The molecule has 138 valence electrons. The Bertz CT molecular complexity index is 990. The molecule has 3 rings (SSSR count). The van der Waals surface area contributed by atoms with Crippen LogP contribution in [0.3, 0.4) is 0 Å². The lowest BCUT2D eigenvalue weighted by Gasteiger charge is -2.10. The average molecular weight is 367 g/mol. The molecule has 0 radical (unpaired) electrons. The largest absolute Gasteiger partial charge is 0.497 e. The van der Waals surface area contributed by atoms with Gasteiger partial charge in [0.05, 0.1) is 30.3 Å². The highest BCUT2D eigenvalue weighted by Crippen LogP contribution is 2.35. The van der Waals surface area contributed by atoms with Crippen molar-refractivity contribution >= 4 is 23.5 Å². The van der Waals surface area contributed by atoms with Crippen molar-refractivity contribution in [1.82, 2.24) is 0 Å². The van der Waals surface area contributed by atoms with Crippen LogP contribution >= 0.6 is 0 Å². The molecule has 0 saturated heterocycles. The molecule has 1 heterocycles. The van der Waals surface area contributed by atoms with Crippen LogP contribution in [0.1, 0.15) is 16.7 Å². The van der Waals surface area contributed by atoms with Gasteiger partial charge in [-0.2, -0.15) is 0 Å². The molecule has 0 aliphatic carbocycles. The van der Waals surface area contributed by atoms with Gasteiger partial charge in [-0.15, -0.1) is 0 Å². The minimum atomic E-state index is -0.541. The summed E-state index contributed by atoms with van der Waals surface area (Å²) in [5.41, 5.74) is 2.20. The van der Waals surface area contributed by atoms with Crippen LogP contribution in [0, 0.1) is 17.0 Å². The van der Waals surface area contributed by atoms with Crippen LogP contribution in [0.25, 0.3) is 11.8 Å². The summed E-state index contributed by atoms with van der Waals surface area (Å²) >= 11 is 0. The van der Waals surface area contributed by atoms with E-state index in [9.17, 15) is 14.9 Å². The number of ether oxygens (including phenoxy) is 3.